The minimum atomic E-state index is -0.0926. The number of nitrogens with zero attached hydrogens (tertiary/aromatic N) is 3. The fourth-order valence-electron chi connectivity index (χ4n) is 3.12. The minimum Gasteiger partial charge on any atom is -0.300 e. The zero-order valence-electron chi connectivity index (χ0n) is 13.7. The average molecular weight is 300 g/mol. The van der Waals surface area contributed by atoms with Gasteiger partial charge < -0.3 is 0 Å². The van der Waals surface area contributed by atoms with Crippen molar-refractivity contribution in [2.75, 3.05) is 0 Å². The van der Waals surface area contributed by atoms with Crippen LogP contribution in [0.2, 0.25) is 0 Å². The third-order valence-electron chi connectivity index (χ3n) is 4.22. The molecule has 5 heteroatoms. The van der Waals surface area contributed by atoms with E-state index < -0.39 is 0 Å². The van der Waals surface area contributed by atoms with Crippen LogP contribution in [0.3, 0.4) is 0 Å². The summed E-state index contributed by atoms with van der Waals surface area (Å²) in [6, 6.07) is 10.2. The molecule has 1 aromatic carbocycles. The maximum absolute atomic E-state index is 12.3. The van der Waals surface area contributed by atoms with Gasteiger partial charge >= 0.3 is 0 Å². The summed E-state index contributed by atoms with van der Waals surface area (Å²) in [7, 11) is 0. The number of rotatable bonds is 7. The third-order valence-corrected chi connectivity index (χ3v) is 4.22. The zero-order chi connectivity index (χ0) is 16.1. The van der Waals surface area contributed by atoms with Crippen LogP contribution in [0.5, 0.6) is 0 Å². The molecule has 0 radical (unpaired) electrons. The van der Waals surface area contributed by atoms with Gasteiger partial charge in [0, 0.05) is 11.8 Å². The summed E-state index contributed by atoms with van der Waals surface area (Å²) in [6.07, 6.45) is 0.831. The highest BCUT2D eigenvalue weighted by Gasteiger charge is 2.35. The number of ketones is 1. The number of hydrogen-bond donors (Lipinski definition) is 1. The standard InChI is InChI=1S/C17H24N4O/c1-11(2)10-15(13(4)22)16(17-18-20-21-19-17)12(3)14-8-6-5-7-9-14/h5-9,11-12,15-16H,10H2,1-4H3,(H,18,19,20,21)/t12?,15-,16+/m1/s1. The summed E-state index contributed by atoms with van der Waals surface area (Å²) in [5.74, 6) is 1.34. The molecule has 3 atom stereocenters. The number of hydrogen-bond acceptors (Lipinski definition) is 4. The van der Waals surface area contributed by atoms with Crippen molar-refractivity contribution >= 4 is 5.78 Å². The van der Waals surface area contributed by atoms with Crippen LogP contribution in [0, 0.1) is 11.8 Å². The first-order valence-corrected chi connectivity index (χ1v) is 7.79. The van der Waals surface area contributed by atoms with Gasteiger partial charge in [-0.3, -0.25) is 4.79 Å². The minimum absolute atomic E-state index is 0.0442. The number of carbonyl (C=O) groups excluding carboxylic acids is 1. The van der Waals surface area contributed by atoms with Crippen LogP contribution in [-0.2, 0) is 4.79 Å². The molecule has 118 valence electrons. The van der Waals surface area contributed by atoms with Crippen molar-refractivity contribution in [1.82, 2.24) is 20.6 Å². The highest BCUT2D eigenvalue weighted by Crippen LogP contribution is 2.39. The van der Waals surface area contributed by atoms with Crippen molar-refractivity contribution < 1.29 is 4.79 Å². The molecule has 2 rings (SSSR count). The van der Waals surface area contributed by atoms with Crippen LogP contribution in [0.15, 0.2) is 30.3 Å². The highest BCUT2D eigenvalue weighted by atomic mass is 16.1. The van der Waals surface area contributed by atoms with Crippen molar-refractivity contribution in [3.63, 3.8) is 0 Å². The van der Waals surface area contributed by atoms with Gasteiger partial charge in [-0.05, 0) is 41.2 Å². The molecule has 1 unspecified atom stereocenters. The number of H-pyrrole nitrogens is 1. The largest absolute Gasteiger partial charge is 0.300 e. The Kier molecular flexibility index (Phi) is 5.41. The lowest BCUT2D eigenvalue weighted by molar-refractivity contribution is -0.122. The first kappa shape index (κ1) is 16.3. The molecule has 1 N–H and O–H groups in total. The molecule has 5 nitrogen and oxygen atoms in total. The molecule has 1 aromatic heterocycles. The van der Waals surface area contributed by atoms with Crippen LogP contribution in [0.4, 0.5) is 0 Å². The van der Waals surface area contributed by atoms with Gasteiger partial charge in [0.05, 0.1) is 0 Å². The summed E-state index contributed by atoms with van der Waals surface area (Å²) in [6.45, 7) is 8.08. The molecular weight excluding hydrogens is 276 g/mol. The second kappa shape index (κ2) is 7.29. The molecule has 0 aliphatic carbocycles. The average Bonchev–Trinajstić information content (AvgIpc) is 3.00. The predicted molar refractivity (Wildman–Crippen MR) is 85.4 cm³/mol. The lowest BCUT2D eigenvalue weighted by atomic mass is 9.73. The van der Waals surface area contributed by atoms with Gasteiger partial charge in [-0.25, -0.2) is 5.10 Å². The van der Waals surface area contributed by atoms with Crippen molar-refractivity contribution in [3.8, 4) is 0 Å². The van der Waals surface area contributed by atoms with Crippen LogP contribution < -0.4 is 0 Å². The van der Waals surface area contributed by atoms with Gasteiger partial charge in [0.15, 0.2) is 5.82 Å². The maximum atomic E-state index is 12.3. The Morgan fingerprint density at radius 1 is 1.18 bits per heavy atom. The van der Waals surface area contributed by atoms with Crippen molar-refractivity contribution in [1.29, 1.82) is 0 Å². The molecule has 0 spiro atoms. The topological polar surface area (TPSA) is 71.5 Å². The molecule has 0 amide bonds. The van der Waals surface area contributed by atoms with E-state index in [-0.39, 0.29) is 23.5 Å². The highest BCUT2D eigenvalue weighted by molar-refractivity contribution is 5.79. The SMILES string of the molecule is CC(=O)[C@@H](CC(C)C)[C@@H](c1nnn[nH]1)C(C)c1ccccc1. The van der Waals surface area contributed by atoms with E-state index in [4.69, 9.17) is 0 Å². The van der Waals surface area contributed by atoms with E-state index in [1.54, 1.807) is 6.92 Å². The van der Waals surface area contributed by atoms with E-state index in [0.717, 1.165) is 6.42 Å². The summed E-state index contributed by atoms with van der Waals surface area (Å²) in [5.41, 5.74) is 1.19. The molecule has 0 saturated heterocycles. The van der Waals surface area contributed by atoms with Gasteiger partial charge in [0.1, 0.15) is 5.78 Å². The number of carbonyl (C=O) groups is 1. The smallest absolute Gasteiger partial charge is 0.152 e. The van der Waals surface area contributed by atoms with E-state index in [2.05, 4.69) is 53.5 Å². The Hall–Kier alpha value is -2.04. The number of Topliss-reactive ketones (excluding diaryl/α,β-unsaturated/α-hetero) is 1. The second-order valence-electron chi connectivity index (χ2n) is 6.36. The second-order valence-corrected chi connectivity index (χ2v) is 6.36. The number of tetrazole rings is 1. The van der Waals surface area contributed by atoms with E-state index in [0.29, 0.717) is 11.7 Å². The van der Waals surface area contributed by atoms with Crippen LogP contribution in [-0.4, -0.2) is 26.4 Å². The van der Waals surface area contributed by atoms with E-state index in [1.807, 2.05) is 18.2 Å². The van der Waals surface area contributed by atoms with Crippen molar-refractivity contribution in [2.45, 2.75) is 46.0 Å². The molecule has 0 saturated carbocycles. The first-order chi connectivity index (χ1) is 10.5. The molecular formula is C17H24N4O. The Labute approximate surface area is 131 Å². The first-order valence-electron chi connectivity index (χ1n) is 7.79. The Balaban J connectivity index is 2.40. The Morgan fingerprint density at radius 2 is 1.86 bits per heavy atom. The summed E-state index contributed by atoms with van der Waals surface area (Å²) < 4.78 is 0. The number of aromatic nitrogens is 4. The van der Waals surface area contributed by atoms with E-state index in [1.165, 1.54) is 5.56 Å². The van der Waals surface area contributed by atoms with Gasteiger partial charge in [0.25, 0.3) is 0 Å². The monoisotopic (exact) mass is 300 g/mol. The normalized spacial score (nSPS) is 15.5. The Bertz CT molecular complexity index is 580. The van der Waals surface area contributed by atoms with Gasteiger partial charge in [-0.1, -0.05) is 51.1 Å². The fourth-order valence-corrected chi connectivity index (χ4v) is 3.12. The maximum Gasteiger partial charge on any atom is 0.152 e. The predicted octanol–water partition coefficient (Wildman–Crippen LogP) is 3.34. The number of nitrogens with one attached hydrogen (secondary N) is 1. The van der Waals surface area contributed by atoms with E-state index >= 15 is 0 Å². The van der Waals surface area contributed by atoms with E-state index in [9.17, 15) is 4.79 Å². The Morgan fingerprint density at radius 3 is 2.36 bits per heavy atom. The van der Waals surface area contributed by atoms with Crippen molar-refractivity contribution in [2.24, 2.45) is 11.8 Å². The van der Waals surface area contributed by atoms with Crippen LogP contribution in [0.1, 0.15) is 57.3 Å². The van der Waals surface area contributed by atoms with Gasteiger partial charge in [0.2, 0.25) is 0 Å². The fraction of sp³-hybridized carbons (Fsp3) is 0.529. The molecule has 0 aliphatic rings. The van der Waals surface area contributed by atoms with Crippen LogP contribution >= 0.6 is 0 Å². The molecule has 22 heavy (non-hydrogen) atoms. The molecule has 2 aromatic rings. The molecule has 1 heterocycles. The quantitative estimate of drug-likeness (QED) is 0.851. The number of aromatic amines is 1. The lowest BCUT2D eigenvalue weighted by Crippen LogP contribution is -2.27. The zero-order valence-corrected chi connectivity index (χ0v) is 13.7. The van der Waals surface area contributed by atoms with Crippen molar-refractivity contribution in [3.05, 3.63) is 41.7 Å². The molecule has 0 fully saturated rings. The third kappa shape index (κ3) is 3.78. The molecule has 0 bridgehead atoms. The van der Waals surface area contributed by atoms with Gasteiger partial charge in [-0.2, -0.15) is 0 Å². The number of benzene rings is 1. The summed E-state index contributed by atoms with van der Waals surface area (Å²) >= 11 is 0. The van der Waals surface area contributed by atoms with Crippen LogP contribution in [0.25, 0.3) is 0 Å². The summed E-state index contributed by atoms with van der Waals surface area (Å²) in [4.78, 5) is 12.3. The summed E-state index contributed by atoms with van der Waals surface area (Å²) in [5, 5.41) is 14.4. The molecule has 0 aliphatic heterocycles. The van der Waals surface area contributed by atoms with Gasteiger partial charge in [-0.15, -0.1) is 5.10 Å². The lowest BCUT2D eigenvalue weighted by Gasteiger charge is -2.29.